The van der Waals surface area contributed by atoms with E-state index in [1.54, 1.807) is 11.8 Å². The van der Waals surface area contributed by atoms with Crippen LogP contribution in [0.5, 0.6) is 5.75 Å². The van der Waals surface area contributed by atoms with Gasteiger partial charge in [-0.25, -0.2) is 0 Å². The molecule has 0 radical (unpaired) electrons. The summed E-state index contributed by atoms with van der Waals surface area (Å²) >= 11 is 0. The molecule has 0 fully saturated rings. The van der Waals surface area contributed by atoms with Gasteiger partial charge in [0.15, 0.2) is 0 Å². The molecule has 1 heterocycles. The van der Waals surface area contributed by atoms with E-state index >= 15 is 0 Å². The number of aryl methyl sites for hydroxylation is 2. The first kappa shape index (κ1) is 14.3. The maximum Gasteiger partial charge on any atom is 0.121 e. The number of anilines is 1. The molecule has 1 aromatic carbocycles. The van der Waals surface area contributed by atoms with Gasteiger partial charge in [0.2, 0.25) is 0 Å². The molecule has 0 aliphatic heterocycles. The number of methoxy groups -OCH3 is 1. The summed E-state index contributed by atoms with van der Waals surface area (Å²) in [5.41, 5.74) is 2.98. The summed E-state index contributed by atoms with van der Waals surface area (Å²) in [6.45, 7) is 3.48. The van der Waals surface area contributed by atoms with Crippen LogP contribution in [0.15, 0.2) is 24.4 Å². The molecule has 0 atom stereocenters. The molecule has 0 saturated heterocycles. The van der Waals surface area contributed by atoms with E-state index < -0.39 is 0 Å². The highest BCUT2D eigenvalue weighted by Crippen LogP contribution is 2.21. The number of nitrogens with one attached hydrogen (secondary N) is 1. The van der Waals surface area contributed by atoms with Gasteiger partial charge in [-0.1, -0.05) is 5.21 Å². The van der Waals surface area contributed by atoms with Crippen LogP contribution in [0, 0.1) is 6.92 Å². The van der Waals surface area contributed by atoms with Gasteiger partial charge in [-0.3, -0.25) is 4.68 Å². The predicted molar refractivity (Wildman–Crippen MR) is 76.8 cm³/mol. The largest absolute Gasteiger partial charge is 0.496 e. The molecule has 2 aromatic rings. The zero-order valence-electron chi connectivity index (χ0n) is 11.8. The second-order valence-electron chi connectivity index (χ2n) is 4.59. The van der Waals surface area contributed by atoms with Crippen molar-refractivity contribution in [3.63, 3.8) is 0 Å². The van der Waals surface area contributed by atoms with Crippen LogP contribution in [0.2, 0.25) is 0 Å². The van der Waals surface area contributed by atoms with E-state index in [0.717, 1.165) is 22.7 Å². The summed E-state index contributed by atoms with van der Waals surface area (Å²) in [5.74, 6) is 0.880. The Labute approximate surface area is 118 Å². The molecular formula is C14H20N4O2. The first-order valence-corrected chi connectivity index (χ1v) is 6.61. The van der Waals surface area contributed by atoms with Gasteiger partial charge in [0.1, 0.15) is 11.4 Å². The second kappa shape index (κ2) is 6.91. The zero-order chi connectivity index (χ0) is 14.4. The van der Waals surface area contributed by atoms with Crippen molar-refractivity contribution in [3.8, 4) is 5.75 Å². The Morgan fingerprint density at radius 1 is 1.40 bits per heavy atom. The minimum atomic E-state index is 0.165. The highest BCUT2D eigenvalue weighted by Gasteiger charge is 2.02. The number of nitrogens with zero attached hydrogens (tertiary/aromatic N) is 3. The van der Waals surface area contributed by atoms with E-state index in [9.17, 15) is 0 Å². The maximum atomic E-state index is 8.77. The van der Waals surface area contributed by atoms with Crippen LogP contribution >= 0.6 is 0 Å². The summed E-state index contributed by atoms with van der Waals surface area (Å²) in [6.07, 6.45) is 2.58. The number of aliphatic hydroxyl groups excluding tert-OH is 1. The van der Waals surface area contributed by atoms with Crippen LogP contribution in [0.3, 0.4) is 0 Å². The van der Waals surface area contributed by atoms with Gasteiger partial charge in [-0.2, -0.15) is 0 Å². The minimum Gasteiger partial charge on any atom is -0.496 e. The lowest BCUT2D eigenvalue weighted by molar-refractivity contribution is 0.276. The number of benzene rings is 1. The van der Waals surface area contributed by atoms with Crippen LogP contribution in [-0.2, 0) is 13.1 Å². The number of aliphatic hydroxyl groups is 1. The average Bonchev–Trinajstić information content (AvgIpc) is 2.91. The van der Waals surface area contributed by atoms with Crippen molar-refractivity contribution in [1.82, 2.24) is 15.0 Å². The molecule has 1 aromatic heterocycles. The summed E-state index contributed by atoms with van der Waals surface area (Å²) in [6, 6.07) is 5.95. The quantitative estimate of drug-likeness (QED) is 0.803. The van der Waals surface area contributed by atoms with Crippen LogP contribution in [0.1, 0.15) is 17.7 Å². The number of hydrogen-bond acceptors (Lipinski definition) is 5. The van der Waals surface area contributed by atoms with E-state index in [1.807, 2.05) is 31.3 Å². The van der Waals surface area contributed by atoms with Crippen molar-refractivity contribution < 1.29 is 9.84 Å². The lowest BCUT2D eigenvalue weighted by Crippen LogP contribution is -2.01. The molecule has 2 rings (SSSR count). The third kappa shape index (κ3) is 3.71. The third-order valence-corrected chi connectivity index (χ3v) is 3.00. The summed E-state index contributed by atoms with van der Waals surface area (Å²) in [5, 5.41) is 20.2. The number of aromatic nitrogens is 3. The van der Waals surface area contributed by atoms with E-state index in [2.05, 4.69) is 15.6 Å². The normalized spacial score (nSPS) is 10.6. The summed E-state index contributed by atoms with van der Waals surface area (Å²) < 4.78 is 6.97. The Morgan fingerprint density at radius 2 is 2.25 bits per heavy atom. The second-order valence-corrected chi connectivity index (χ2v) is 4.59. The van der Waals surface area contributed by atoms with Crippen molar-refractivity contribution in [3.05, 3.63) is 35.7 Å². The Hall–Kier alpha value is -2.08. The third-order valence-electron chi connectivity index (χ3n) is 3.00. The topological polar surface area (TPSA) is 72.2 Å². The first-order chi connectivity index (χ1) is 9.72. The molecule has 6 nitrogen and oxygen atoms in total. The standard InChI is InChI=1S/C14H20N4O2/c1-11-8-12(4-5-14(11)20-2)15-9-13-10-18(17-16-13)6-3-7-19/h4-5,8,10,15,19H,3,6-7,9H2,1-2H3. The molecule has 0 spiro atoms. The Balaban J connectivity index is 1.91. The van der Waals surface area contributed by atoms with E-state index in [0.29, 0.717) is 19.5 Å². The van der Waals surface area contributed by atoms with Gasteiger partial charge < -0.3 is 15.2 Å². The lowest BCUT2D eigenvalue weighted by Gasteiger charge is -2.08. The van der Waals surface area contributed by atoms with Crippen LogP contribution in [0.25, 0.3) is 0 Å². The molecule has 108 valence electrons. The highest BCUT2D eigenvalue weighted by molar-refractivity contribution is 5.50. The van der Waals surface area contributed by atoms with Gasteiger partial charge in [-0.15, -0.1) is 5.10 Å². The van der Waals surface area contributed by atoms with Gasteiger partial charge in [0, 0.05) is 18.8 Å². The van der Waals surface area contributed by atoms with Crippen molar-refractivity contribution in [2.75, 3.05) is 19.0 Å². The number of rotatable bonds is 7. The molecule has 6 heteroatoms. The summed E-state index contributed by atoms with van der Waals surface area (Å²) in [7, 11) is 1.67. The Kier molecular flexibility index (Phi) is 4.95. The molecule has 0 saturated carbocycles. The van der Waals surface area contributed by atoms with Gasteiger partial charge in [0.05, 0.1) is 19.9 Å². The van der Waals surface area contributed by atoms with E-state index in [4.69, 9.17) is 9.84 Å². The fourth-order valence-electron chi connectivity index (χ4n) is 1.94. The maximum absolute atomic E-state index is 8.77. The van der Waals surface area contributed by atoms with Gasteiger partial charge in [0.25, 0.3) is 0 Å². The van der Waals surface area contributed by atoms with Crippen molar-refractivity contribution in [2.45, 2.75) is 26.4 Å². The molecule has 0 bridgehead atoms. The fraction of sp³-hybridized carbons (Fsp3) is 0.429. The molecule has 0 amide bonds. The smallest absolute Gasteiger partial charge is 0.121 e. The van der Waals surface area contributed by atoms with Gasteiger partial charge >= 0.3 is 0 Å². The number of ether oxygens (including phenoxy) is 1. The highest BCUT2D eigenvalue weighted by atomic mass is 16.5. The molecular weight excluding hydrogens is 256 g/mol. The van der Waals surface area contributed by atoms with Crippen LogP contribution < -0.4 is 10.1 Å². The monoisotopic (exact) mass is 276 g/mol. The summed E-state index contributed by atoms with van der Waals surface area (Å²) in [4.78, 5) is 0. The zero-order valence-corrected chi connectivity index (χ0v) is 11.8. The predicted octanol–water partition coefficient (Wildman–Crippen LogP) is 1.59. The van der Waals surface area contributed by atoms with Crippen LogP contribution in [-0.4, -0.2) is 33.8 Å². The van der Waals surface area contributed by atoms with Crippen molar-refractivity contribution in [2.24, 2.45) is 0 Å². The Bertz CT molecular complexity index is 554. The minimum absolute atomic E-state index is 0.165. The molecule has 2 N–H and O–H groups in total. The average molecular weight is 276 g/mol. The first-order valence-electron chi connectivity index (χ1n) is 6.61. The van der Waals surface area contributed by atoms with E-state index in [1.165, 1.54) is 0 Å². The van der Waals surface area contributed by atoms with E-state index in [-0.39, 0.29) is 6.61 Å². The molecule has 0 aliphatic carbocycles. The molecule has 0 unspecified atom stereocenters. The molecule has 20 heavy (non-hydrogen) atoms. The SMILES string of the molecule is COc1ccc(NCc2cn(CCCO)nn2)cc1C. The Morgan fingerprint density at radius 3 is 2.95 bits per heavy atom. The number of hydrogen-bond donors (Lipinski definition) is 2. The van der Waals surface area contributed by atoms with Crippen molar-refractivity contribution in [1.29, 1.82) is 0 Å². The van der Waals surface area contributed by atoms with Crippen molar-refractivity contribution >= 4 is 5.69 Å². The van der Waals surface area contributed by atoms with Crippen LogP contribution in [0.4, 0.5) is 5.69 Å². The van der Waals surface area contributed by atoms with Gasteiger partial charge in [-0.05, 0) is 37.1 Å². The lowest BCUT2D eigenvalue weighted by atomic mass is 10.2. The fourth-order valence-corrected chi connectivity index (χ4v) is 1.94. The molecule has 0 aliphatic rings.